The van der Waals surface area contributed by atoms with E-state index in [9.17, 15) is 10.1 Å². The molecule has 0 amide bonds. The molecule has 0 saturated carbocycles. The Balaban J connectivity index is 2.43. The van der Waals surface area contributed by atoms with E-state index in [4.69, 9.17) is 5.26 Å². The van der Waals surface area contributed by atoms with E-state index in [1.165, 1.54) is 10.9 Å². The molecule has 0 aliphatic heterocycles. The zero-order valence-electron chi connectivity index (χ0n) is 10.5. The van der Waals surface area contributed by atoms with Crippen molar-refractivity contribution in [1.29, 1.82) is 5.26 Å². The van der Waals surface area contributed by atoms with Crippen LogP contribution in [0.4, 0.5) is 5.69 Å². The van der Waals surface area contributed by atoms with Crippen LogP contribution in [-0.4, -0.2) is 19.7 Å². The molecule has 0 fully saturated rings. The van der Waals surface area contributed by atoms with Gasteiger partial charge in [-0.2, -0.15) is 10.4 Å². The lowest BCUT2D eigenvalue weighted by atomic mass is 10.1. The maximum atomic E-state index is 10.9. The summed E-state index contributed by atoms with van der Waals surface area (Å²) in [7, 11) is 0. The molecule has 2 aromatic heterocycles. The quantitative estimate of drug-likeness (QED) is 0.616. The smallest absolute Gasteiger partial charge is 0.263 e. The van der Waals surface area contributed by atoms with Crippen molar-refractivity contribution in [1.82, 2.24) is 14.8 Å². The van der Waals surface area contributed by atoms with Gasteiger partial charge in [0.1, 0.15) is 17.5 Å². The number of nitriles is 1. The van der Waals surface area contributed by atoms with Crippen molar-refractivity contribution in [2.45, 2.75) is 20.4 Å². The van der Waals surface area contributed by atoms with Gasteiger partial charge in [0.25, 0.3) is 0 Å². The number of hydrogen-bond donors (Lipinski definition) is 0. The number of nitro groups is 1. The van der Waals surface area contributed by atoms with Gasteiger partial charge in [0.05, 0.1) is 17.0 Å². The first kappa shape index (κ1) is 12.7. The Morgan fingerprint density at radius 2 is 2.26 bits per heavy atom. The molecule has 96 valence electrons. The highest BCUT2D eigenvalue weighted by atomic mass is 16.6. The Bertz CT molecular complexity index is 684. The summed E-state index contributed by atoms with van der Waals surface area (Å²) in [5.74, 6) is 0. The molecule has 0 spiro atoms. The Kier molecular flexibility index (Phi) is 3.25. The summed E-state index contributed by atoms with van der Waals surface area (Å²) < 4.78 is 1.53. The molecule has 19 heavy (non-hydrogen) atoms. The van der Waals surface area contributed by atoms with Gasteiger partial charge in [-0.3, -0.25) is 19.8 Å². The average Bonchev–Trinajstić information content (AvgIpc) is 2.65. The number of hydrogen-bond acceptors (Lipinski definition) is 5. The minimum Gasteiger partial charge on any atom is -0.263 e. The fourth-order valence-electron chi connectivity index (χ4n) is 1.93. The van der Waals surface area contributed by atoms with Gasteiger partial charge in [0.2, 0.25) is 0 Å². The topological polar surface area (TPSA) is 97.6 Å². The van der Waals surface area contributed by atoms with Crippen LogP contribution in [0.5, 0.6) is 0 Å². The van der Waals surface area contributed by atoms with Crippen molar-refractivity contribution >= 4 is 5.69 Å². The Morgan fingerprint density at radius 3 is 2.84 bits per heavy atom. The van der Waals surface area contributed by atoms with Crippen LogP contribution in [0.2, 0.25) is 0 Å². The molecule has 0 bridgehead atoms. The van der Waals surface area contributed by atoms with E-state index in [1.807, 2.05) is 6.07 Å². The molecule has 7 nitrogen and oxygen atoms in total. The Labute approximate surface area is 109 Å². The van der Waals surface area contributed by atoms with Gasteiger partial charge in [0, 0.05) is 12.4 Å². The predicted molar refractivity (Wildman–Crippen MR) is 66.4 cm³/mol. The van der Waals surface area contributed by atoms with Crippen LogP contribution < -0.4 is 0 Å². The van der Waals surface area contributed by atoms with E-state index in [0.717, 1.165) is 5.56 Å². The van der Waals surface area contributed by atoms with Gasteiger partial charge in [-0.15, -0.1) is 0 Å². The normalized spacial score (nSPS) is 10.2. The van der Waals surface area contributed by atoms with Crippen molar-refractivity contribution in [2.75, 3.05) is 0 Å². The second kappa shape index (κ2) is 4.86. The summed E-state index contributed by atoms with van der Waals surface area (Å²) in [6.45, 7) is 3.55. The van der Waals surface area contributed by atoms with Gasteiger partial charge >= 0.3 is 5.69 Å². The molecule has 0 aromatic carbocycles. The standard InChI is InChI=1S/C12H11N5O2/c1-8-12(17(18)19)9(2)16(15-8)7-10-3-4-14-6-11(10)5-13/h3-4,6H,7H2,1-2H3. The van der Waals surface area contributed by atoms with Crippen molar-refractivity contribution in [3.05, 3.63) is 51.1 Å². The molecule has 0 radical (unpaired) electrons. The minimum atomic E-state index is -0.439. The van der Waals surface area contributed by atoms with Crippen molar-refractivity contribution < 1.29 is 4.92 Å². The fraction of sp³-hybridized carbons (Fsp3) is 0.250. The number of aromatic nitrogens is 3. The van der Waals surface area contributed by atoms with Crippen molar-refractivity contribution in [3.8, 4) is 6.07 Å². The third kappa shape index (κ3) is 2.28. The highest BCUT2D eigenvalue weighted by molar-refractivity contribution is 5.41. The molecule has 0 N–H and O–H groups in total. The molecular formula is C12H11N5O2. The van der Waals surface area contributed by atoms with Crippen LogP contribution in [0, 0.1) is 35.3 Å². The largest absolute Gasteiger partial charge is 0.312 e. The van der Waals surface area contributed by atoms with Crippen LogP contribution in [0.3, 0.4) is 0 Å². The molecular weight excluding hydrogens is 246 g/mol. The first-order valence-electron chi connectivity index (χ1n) is 5.56. The average molecular weight is 257 g/mol. The Hall–Kier alpha value is -2.75. The number of pyridine rings is 1. The van der Waals surface area contributed by atoms with Crippen LogP contribution in [0.25, 0.3) is 0 Å². The summed E-state index contributed by atoms with van der Waals surface area (Å²) in [5.41, 5.74) is 2.04. The molecule has 0 saturated heterocycles. The maximum Gasteiger partial charge on any atom is 0.312 e. The second-order valence-corrected chi connectivity index (χ2v) is 4.08. The van der Waals surface area contributed by atoms with E-state index in [1.54, 1.807) is 26.1 Å². The summed E-state index contributed by atoms with van der Waals surface area (Å²) in [6.07, 6.45) is 3.05. The molecule has 0 aliphatic rings. The summed E-state index contributed by atoms with van der Waals surface area (Å²) in [4.78, 5) is 14.4. The number of rotatable bonds is 3. The lowest BCUT2D eigenvalue weighted by molar-refractivity contribution is -0.386. The van der Waals surface area contributed by atoms with Gasteiger partial charge in [-0.25, -0.2) is 0 Å². The number of nitrogens with zero attached hydrogens (tertiary/aromatic N) is 5. The SMILES string of the molecule is Cc1nn(Cc2ccncc2C#N)c(C)c1[N+](=O)[O-]. The first-order valence-corrected chi connectivity index (χ1v) is 5.56. The zero-order valence-corrected chi connectivity index (χ0v) is 10.5. The summed E-state index contributed by atoms with van der Waals surface area (Å²) in [6, 6.07) is 3.75. The second-order valence-electron chi connectivity index (χ2n) is 4.08. The van der Waals surface area contributed by atoms with E-state index < -0.39 is 4.92 Å². The van der Waals surface area contributed by atoms with Crippen LogP contribution >= 0.6 is 0 Å². The predicted octanol–water partition coefficient (Wildman–Crippen LogP) is 1.72. The van der Waals surface area contributed by atoms with Gasteiger partial charge in [-0.1, -0.05) is 0 Å². The van der Waals surface area contributed by atoms with E-state index in [0.29, 0.717) is 23.5 Å². The molecule has 2 heterocycles. The van der Waals surface area contributed by atoms with Gasteiger partial charge in [-0.05, 0) is 25.5 Å². The molecule has 2 aromatic rings. The fourth-order valence-corrected chi connectivity index (χ4v) is 1.93. The van der Waals surface area contributed by atoms with Gasteiger partial charge < -0.3 is 0 Å². The highest BCUT2D eigenvalue weighted by Gasteiger charge is 2.22. The third-order valence-electron chi connectivity index (χ3n) is 2.88. The number of aryl methyl sites for hydroxylation is 1. The molecule has 2 rings (SSSR count). The van der Waals surface area contributed by atoms with E-state index >= 15 is 0 Å². The van der Waals surface area contributed by atoms with Crippen molar-refractivity contribution in [3.63, 3.8) is 0 Å². The maximum absolute atomic E-state index is 10.9. The highest BCUT2D eigenvalue weighted by Crippen LogP contribution is 2.22. The van der Waals surface area contributed by atoms with Crippen LogP contribution in [0.15, 0.2) is 18.5 Å². The minimum absolute atomic E-state index is 0.0209. The van der Waals surface area contributed by atoms with Crippen LogP contribution in [-0.2, 0) is 6.54 Å². The molecule has 7 heteroatoms. The lowest BCUT2D eigenvalue weighted by Gasteiger charge is -2.05. The lowest BCUT2D eigenvalue weighted by Crippen LogP contribution is -2.06. The molecule has 0 aliphatic carbocycles. The monoisotopic (exact) mass is 257 g/mol. The first-order chi connectivity index (χ1) is 9.04. The van der Waals surface area contributed by atoms with Gasteiger partial charge in [0.15, 0.2) is 0 Å². The third-order valence-corrected chi connectivity index (χ3v) is 2.88. The van der Waals surface area contributed by atoms with Crippen molar-refractivity contribution in [2.24, 2.45) is 0 Å². The summed E-state index contributed by atoms with van der Waals surface area (Å²) in [5, 5.41) is 24.1. The van der Waals surface area contributed by atoms with Crippen LogP contribution in [0.1, 0.15) is 22.5 Å². The summed E-state index contributed by atoms with van der Waals surface area (Å²) >= 11 is 0. The Morgan fingerprint density at radius 1 is 1.53 bits per heavy atom. The zero-order chi connectivity index (χ0) is 14.0. The molecule has 0 atom stereocenters. The van der Waals surface area contributed by atoms with E-state index in [-0.39, 0.29) is 5.69 Å². The van der Waals surface area contributed by atoms with E-state index in [2.05, 4.69) is 10.1 Å². The molecule has 0 unspecified atom stereocenters.